The Morgan fingerprint density at radius 3 is 2.62 bits per heavy atom. The van der Waals surface area contributed by atoms with Crippen LogP contribution in [0.25, 0.3) is 0 Å². The average Bonchev–Trinajstić information content (AvgIpc) is 2.17. The summed E-state index contributed by atoms with van der Waals surface area (Å²) in [5.41, 5.74) is -1.41. The van der Waals surface area contributed by atoms with Crippen LogP contribution in [0.15, 0.2) is 18.2 Å². The number of hydrogen-bond donors (Lipinski definition) is 2. The first-order valence-corrected chi connectivity index (χ1v) is 5.09. The monoisotopic (exact) mass is 246 g/mol. The van der Waals surface area contributed by atoms with Crippen LogP contribution in [0, 0.1) is 5.82 Å². The van der Waals surface area contributed by atoms with E-state index in [4.69, 9.17) is 21.8 Å². The molecule has 0 saturated carbocycles. The van der Waals surface area contributed by atoms with Crippen molar-refractivity contribution in [3.8, 4) is 0 Å². The lowest BCUT2D eigenvalue weighted by Gasteiger charge is -2.24. The van der Waals surface area contributed by atoms with Gasteiger partial charge in [0, 0.05) is 17.2 Å². The van der Waals surface area contributed by atoms with Crippen LogP contribution >= 0.6 is 11.6 Å². The van der Waals surface area contributed by atoms with E-state index in [1.807, 2.05) is 0 Å². The Labute approximate surface area is 97.5 Å². The van der Waals surface area contributed by atoms with Crippen LogP contribution in [0.3, 0.4) is 0 Å². The molecule has 0 aliphatic carbocycles. The summed E-state index contributed by atoms with van der Waals surface area (Å²) < 4.78 is 13.6. The van der Waals surface area contributed by atoms with Gasteiger partial charge in [0.2, 0.25) is 0 Å². The van der Waals surface area contributed by atoms with Crippen molar-refractivity contribution in [3.05, 3.63) is 34.6 Å². The minimum absolute atomic E-state index is 0.0263. The van der Waals surface area contributed by atoms with Crippen molar-refractivity contribution in [1.29, 1.82) is 0 Å². The van der Waals surface area contributed by atoms with Crippen molar-refractivity contribution in [3.63, 3.8) is 0 Å². The lowest BCUT2D eigenvalue weighted by atomic mass is 9.79. The number of carboxylic acid groups (broad SMARTS) is 1. The third-order valence-electron chi connectivity index (χ3n) is 2.61. The summed E-state index contributed by atoms with van der Waals surface area (Å²) in [4.78, 5) is 11.1. The van der Waals surface area contributed by atoms with Gasteiger partial charge in [-0.25, -0.2) is 4.39 Å². The zero-order valence-electron chi connectivity index (χ0n) is 8.70. The minimum atomic E-state index is -1.44. The van der Waals surface area contributed by atoms with Crippen LogP contribution in [0.2, 0.25) is 5.02 Å². The maximum absolute atomic E-state index is 13.6. The molecule has 2 N–H and O–H groups in total. The van der Waals surface area contributed by atoms with Gasteiger partial charge in [0.15, 0.2) is 0 Å². The van der Waals surface area contributed by atoms with Crippen molar-refractivity contribution in [2.24, 2.45) is 0 Å². The third kappa shape index (κ3) is 2.33. The normalized spacial score (nSPS) is 14.5. The molecular weight excluding hydrogens is 235 g/mol. The van der Waals surface area contributed by atoms with Crippen LogP contribution in [0.4, 0.5) is 4.39 Å². The molecule has 5 heteroatoms. The van der Waals surface area contributed by atoms with Gasteiger partial charge in [0.1, 0.15) is 5.82 Å². The first kappa shape index (κ1) is 12.9. The van der Waals surface area contributed by atoms with Crippen LogP contribution in [0.5, 0.6) is 0 Å². The molecule has 1 unspecified atom stereocenters. The number of rotatable bonds is 4. The van der Waals surface area contributed by atoms with Gasteiger partial charge in [0.25, 0.3) is 0 Å². The number of carbonyl (C=O) groups is 1. The lowest BCUT2D eigenvalue weighted by Crippen LogP contribution is -2.34. The second-order valence-electron chi connectivity index (χ2n) is 3.74. The predicted octanol–water partition coefficient (Wildman–Crippen LogP) is 2.20. The molecule has 16 heavy (non-hydrogen) atoms. The largest absolute Gasteiger partial charge is 0.481 e. The van der Waals surface area contributed by atoms with Gasteiger partial charge in [-0.3, -0.25) is 4.79 Å². The molecule has 0 fully saturated rings. The Morgan fingerprint density at radius 2 is 2.19 bits per heavy atom. The highest BCUT2D eigenvalue weighted by Crippen LogP contribution is 2.31. The number of halogens is 2. The van der Waals surface area contributed by atoms with E-state index in [9.17, 15) is 9.18 Å². The SMILES string of the molecule is CC(CCO)(C(=O)O)c1ccc(Cl)cc1F. The van der Waals surface area contributed by atoms with E-state index < -0.39 is 17.2 Å². The van der Waals surface area contributed by atoms with Crippen molar-refractivity contribution >= 4 is 17.6 Å². The summed E-state index contributed by atoms with van der Waals surface area (Å²) in [5.74, 6) is -1.85. The molecule has 0 saturated heterocycles. The minimum Gasteiger partial charge on any atom is -0.481 e. The molecule has 0 radical (unpaired) electrons. The van der Waals surface area contributed by atoms with Crippen LogP contribution in [-0.4, -0.2) is 22.8 Å². The first-order chi connectivity index (χ1) is 7.41. The molecule has 0 amide bonds. The second kappa shape index (κ2) is 4.80. The van der Waals surface area contributed by atoms with E-state index in [1.54, 1.807) is 0 Å². The fraction of sp³-hybridized carbons (Fsp3) is 0.364. The highest BCUT2D eigenvalue weighted by Gasteiger charge is 2.36. The van der Waals surface area contributed by atoms with Crippen LogP contribution in [0.1, 0.15) is 18.9 Å². The molecule has 1 aromatic carbocycles. The number of aliphatic carboxylic acids is 1. The first-order valence-electron chi connectivity index (χ1n) is 4.71. The highest BCUT2D eigenvalue weighted by atomic mass is 35.5. The summed E-state index contributed by atoms with van der Waals surface area (Å²) in [6.45, 7) is 1.04. The van der Waals surface area contributed by atoms with Crippen molar-refractivity contribution in [1.82, 2.24) is 0 Å². The third-order valence-corrected chi connectivity index (χ3v) is 2.84. The standard InChI is InChI=1S/C11H12ClFO3/c1-11(4-5-14,10(15)16)8-3-2-7(12)6-9(8)13/h2-3,6,14H,4-5H2,1H3,(H,15,16). The Kier molecular flexibility index (Phi) is 3.88. The van der Waals surface area contributed by atoms with Crippen molar-refractivity contribution in [2.75, 3.05) is 6.61 Å². The molecule has 0 aliphatic rings. The van der Waals surface area contributed by atoms with Gasteiger partial charge in [-0.15, -0.1) is 0 Å². The number of aliphatic hydroxyl groups excluding tert-OH is 1. The summed E-state index contributed by atoms with van der Waals surface area (Å²) in [6.07, 6.45) is -0.0547. The van der Waals surface area contributed by atoms with E-state index >= 15 is 0 Å². The van der Waals surface area contributed by atoms with E-state index in [1.165, 1.54) is 19.1 Å². The number of aliphatic hydroxyl groups is 1. The van der Waals surface area contributed by atoms with E-state index in [2.05, 4.69) is 0 Å². The van der Waals surface area contributed by atoms with Gasteiger partial charge in [0.05, 0.1) is 5.41 Å². The van der Waals surface area contributed by atoms with E-state index in [-0.39, 0.29) is 23.6 Å². The lowest BCUT2D eigenvalue weighted by molar-refractivity contribution is -0.144. The van der Waals surface area contributed by atoms with Gasteiger partial charge >= 0.3 is 5.97 Å². The fourth-order valence-corrected chi connectivity index (χ4v) is 1.68. The topological polar surface area (TPSA) is 57.5 Å². The molecule has 0 bridgehead atoms. The molecule has 1 atom stereocenters. The summed E-state index contributed by atoms with van der Waals surface area (Å²) >= 11 is 5.59. The molecule has 0 aliphatic heterocycles. The van der Waals surface area contributed by atoms with E-state index in [0.29, 0.717) is 0 Å². The zero-order valence-corrected chi connectivity index (χ0v) is 9.46. The molecule has 0 spiro atoms. The quantitative estimate of drug-likeness (QED) is 0.856. The van der Waals surface area contributed by atoms with Crippen LogP contribution in [-0.2, 0) is 10.2 Å². The molecule has 3 nitrogen and oxygen atoms in total. The molecule has 1 rings (SSSR count). The second-order valence-corrected chi connectivity index (χ2v) is 4.17. The summed E-state index contributed by atoms with van der Waals surface area (Å²) in [7, 11) is 0. The molecular formula is C11H12ClFO3. The predicted molar refractivity (Wildman–Crippen MR) is 58.1 cm³/mol. The van der Waals surface area contributed by atoms with Crippen molar-refractivity contribution in [2.45, 2.75) is 18.8 Å². The smallest absolute Gasteiger partial charge is 0.314 e. The molecule has 88 valence electrons. The van der Waals surface area contributed by atoms with Crippen molar-refractivity contribution < 1.29 is 19.4 Å². The van der Waals surface area contributed by atoms with Gasteiger partial charge < -0.3 is 10.2 Å². The maximum atomic E-state index is 13.6. The van der Waals surface area contributed by atoms with Gasteiger partial charge in [-0.2, -0.15) is 0 Å². The zero-order chi connectivity index (χ0) is 12.3. The fourth-order valence-electron chi connectivity index (χ4n) is 1.52. The van der Waals surface area contributed by atoms with Gasteiger partial charge in [-0.05, 0) is 25.5 Å². The number of carboxylic acids is 1. The molecule has 0 aromatic heterocycles. The summed E-state index contributed by atoms with van der Waals surface area (Å²) in [5, 5.41) is 18.2. The van der Waals surface area contributed by atoms with E-state index in [0.717, 1.165) is 6.07 Å². The summed E-state index contributed by atoms with van der Waals surface area (Å²) in [6, 6.07) is 3.83. The Morgan fingerprint density at radius 1 is 1.56 bits per heavy atom. The highest BCUT2D eigenvalue weighted by molar-refractivity contribution is 6.30. The van der Waals surface area contributed by atoms with Crippen LogP contribution < -0.4 is 0 Å². The molecule has 0 heterocycles. The Hall–Kier alpha value is -1.13. The number of hydrogen-bond acceptors (Lipinski definition) is 2. The average molecular weight is 247 g/mol. The molecule has 1 aromatic rings. The Bertz CT molecular complexity index is 408. The number of benzene rings is 1. The maximum Gasteiger partial charge on any atom is 0.314 e. The Balaban J connectivity index is 3.26. The van der Waals surface area contributed by atoms with Gasteiger partial charge in [-0.1, -0.05) is 17.7 Å².